The molecular weight excluding hydrogens is 294 g/mol. The number of fused-ring (bicyclic) bond motifs is 1. The van der Waals surface area contributed by atoms with E-state index in [0.717, 1.165) is 37.1 Å². The third-order valence-corrected chi connectivity index (χ3v) is 4.42. The summed E-state index contributed by atoms with van der Waals surface area (Å²) in [5, 5.41) is 11.3. The summed E-state index contributed by atoms with van der Waals surface area (Å²) in [6.45, 7) is 0.690. The number of nitrogens with one attached hydrogen (secondary N) is 2. The molecule has 0 unspecified atom stereocenters. The van der Waals surface area contributed by atoms with Gasteiger partial charge in [-0.15, -0.1) is 5.53 Å². The number of carbonyl (C=O) groups is 1. The van der Waals surface area contributed by atoms with E-state index in [1.807, 2.05) is 5.01 Å². The van der Waals surface area contributed by atoms with Crippen LogP contribution in [0, 0.1) is 0 Å². The van der Waals surface area contributed by atoms with Crippen molar-refractivity contribution in [2.24, 2.45) is 0 Å². The van der Waals surface area contributed by atoms with Gasteiger partial charge in [0.15, 0.2) is 5.70 Å². The first-order valence-electron chi connectivity index (χ1n) is 8.09. The first-order chi connectivity index (χ1) is 11.2. The molecule has 1 aromatic rings. The fourth-order valence-electron chi connectivity index (χ4n) is 3.23. The van der Waals surface area contributed by atoms with Crippen molar-refractivity contribution in [2.75, 3.05) is 18.7 Å². The molecule has 0 spiro atoms. The van der Waals surface area contributed by atoms with Crippen molar-refractivity contribution in [3.63, 3.8) is 0 Å². The van der Waals surface area contributed by atoms with E-state index in [-0.39, 0.29) is 5.70 Å². The van der Waals surface area contributed by atoms with E-state index < -0.39 is 5.97 Å². The van der Waals surface area contributed by atoms with E-state index in [9.17, 15) is 9.90 Å². The first kappa shape index (κ1) is 15.8. The molecule has 124 valence electrons. The smallest absolute Gasteiger partial charge is 0.355 e. The standard InChI is InChI=1S/C17H23N3O3/c1-23-10-3-2-7-15-16(17(21)22)18-19-20(15)14-9-8-12-5-4-6-13(12)11-14/h8-9,11,18-19H,2-7,10H2,1H3,(H,21,22). The Bertz CT molecular complexity index is 628. The fraction of sp³-hybridized carbons (Fsp3) is 0.471. The monoisotopic (exact) mass is 317 g/mol. The average Bonchev–Trinajstić information content (AvgIpc) is 3.17. The minimum Gasteiger partial charge on any atom is -0.476 e. The summed E-state index contributed by atoms with van der Waals surface area (Å²) in [5.41, 5.74) is 10.5. The lowest BCUT2D eigenvalue weighted by atomic mass is 10.1. The van der Waals surface area contributed by atoms with Gasteiger partial charge in [0.25, 0.3) is 0 Å². The molecular formula is C17H23N3O3. The number of allylic oxidation sites excluding steroid dienone is 1. The highest BCUT2D eigenvalue weighted by Crippen LogP contribution is 2.30. The maximum absolute atomic E-state index is 11.5. The predicted octanol–water partition coefficient (Wildman–Crippen LogP) is 2.12. The summed E-state index contributed by atoms with van der Waals surface area (Å²) >= 11 is 0. The predicted molar refractivity (Wildman–Crippen MR) is 87.6 cm³/mol. The number of aryl methyl sites for hydroxylation is 2. The first-order valence-corrected chi connectivity index (χ1v) is 8.09. The fourth-order valence-corrected chi connectivity index (χ4v) is 3.23. The van der Waals surface area contributed by atoms with Crippen molar-refractivity contribution < 1.29 is 14.6 Å². The topological polar surface area (TPSA) is 73.8 Å². The summed E-state index contributed by atoms with van der Waals surface area (Å²) in [6, 6.07) is 6.37. The molecule has 3 N–H and O–H groups in total. The van der Waals surface area contributed by atoms with Crippen LogP contribution >= 0.6 is 0 Å². The van der Waals surface area contributed by atoms with E-state index in [1.54, 1.807) is 7.11 Å². The molecule has 0 saturated carbocycles. The molecule has 0 fully saturated rings. The van der Waals surface area contributed by atoms with Crippen molar-refractivity contribution in [3.8, 4) is 0 Å². The number of unbranched alkanes of at least 4 members (excludes halogenated alkanes) is 1. The van der Waals surface area contributed by atoms with Gasteiger partial charge in [0.2, 0.25) is 0 Å². The van der Waals surface area contributed by atoms with Crippen molar-refractivity contribution in [1.82, 2.24) is 11.0 Å². The largest absolute Gasteiger partial charge is 0.476 e. The number of hydrazine groups is 2. The van der Waals surface area contributed by atoms with Crippen molar-refractivity contribution >= 4 is 11.7 Å². The van der Waals surface area contributed by atoms with Crippen molar-refractivity contribution in [1.29, 1.82) is 0 Å². The highest BCUT2D eigenvalue weighted by atomic mass is 16.5. The Kier molecular flexibility index (Phi) is 4.83. The highest BCUT2D eigenvalue weighted by Gasteiger charge is 2.27. The van der Waals surface area contributed by atoms with E-state index in [2.05, 4.69) is 29.2 Å². The molecule has 2 aliphatic rings. The maximum Gasteiger partial charge on any atom is 0.355 e. The molecule has 0 saturated heterocycles. The number of nitrogens with zero attached hydrogens (tertiary/aromatic N) is 1. The zero-order chi connectivity index (χ0) is 16.2. The summed E-state index contributed by atoms with van der Waals surface area (Å²) in [6.07, 6.45) is 5.91. The number of carboxylic acid groups (broad SMARTS) is 1. The molecule has 0 atom stereocenters. The third kappa shape index (κ3) is 3.33. The van der Waals surface area contributed by atoms with Crippen LogP contribution in [0.25, 0.3) is 0 Å². The van der Waals surface area contributed by atoms with E-state index in [4.69, 9.17) is 4.74 Å². The van der Waals surface area contributed by atoms with Crippen LogP contribution < -0.4 is 16.0 Å². The Labute approximate surface area is 136 Å². The normalized spacial score (nSPS) is 16.7. The molecule has 23 heavy (non-hydrogen) atoms. The molecule has 1 heterocycles. The van der Waals surface area contributed by atoms with Gasteiger partial charge in [0.1, 0.15) is 0 Å². The number of rotatable bonds is 7. The molecule has 6 nitrogen and oxygen atoms in total. The maximum atomic E-state index is 11.5. The Hall–Kier alpha value is -2.05. The average molecular weight is 317 g/mol. The minimum atomic E-state index is -0.942. The lowest BCUT2D eigenvalue weighted by molar-refractivity contribution is -0.133. The van der Waals surface area contributed by atoms with Crippen LogP contribution in [0.1, 0.15) is 36.8 Å². The zero-order valence-corrected chi connectivity index (χ0v) is 13.4. The summed E-state index contributed by atoms with van der Waals surface area (Å²) in [5.74, 6) is -0.942. The SMILES string of the molecule is COCCCCC1=C(C(=O)O)NNN1c1ccc2c(c1)CCC2. The van der Waals surface area contributed by atoms with Crippen LogP contribution in [0.3, 0.4) is 0 Å². The zero-order valence-electron chi connectivity index (χ0n) is 13.4. The van der Waals surface area contributed by atoms with Crippen LogP contribution in [0.2, 0.25) is 0 Å². The van der Waals surface area contributed by atoms with Gasteiger partial charge in [0, 0.05) is 13.7 Å². The van der Waals surface area contributed by atoms with E-state index in [1.165, 1.54) is 17.5 Å². The quantitative estimate of drug-likeness (QED) is 0.669. The Morgan fingerprint density at radius 1 is 1.30 bits per heavy atom. The van der Waals surface area contributed by atoms with Gasteiger partial charge in [-0.3, -0.25) is 10.4 Å². The second kappa shape index (κ2) is 7.02. The lowest BCUT2D eigenvalue weighted by Gasteiger charge is -2.22. The van der Waals surface area contributed by atoms with Gasteiger partial charge in [-0.1, -0.05) is 6.07 Å². The van der Waals surface area contributed by atoms with Gasteiger partial charge >= 0.3 is 5.97 Å². The third-order valence-electron chi connectivity index (χ3n) is 4.42. The van der Waals surface area contributed by atoms with Crippen LogP contribution in [-0.4, -0.2) is 24.8 Å². The van der Waals surface area contributed by atoms with Gasteiger partial charge in [-0.25, -0.2) is 4.79 Å². The van der Waals surface area contributed by atoms with Crippen LogP contribution in [-0.2, 0) is 22.4 Å². The van der Waals surface area contributed by atoms with Crippen molar-refractivity contribution in [2.45, 2.75) is 38.5 Å². The number of hydrogen-bond donors (Lipinski definition) is 3. The number of anilines is 1. The van der Waals surface area contributed by atoms with Crippen LogP contribution in [0.15, 0.2) is 29.6 Å². The van der Waals surface area contributed by atoms with Crippen molar-refractivity contribution in [3.05, 3.63) is 40.7 Å². The molecule has 0 bridgehead atoms. The van der Waals surface area contributed by atoms with Crippen LogP contribution in [0.4, 0.5) is 5.69 Å². The number of carboxylic acids is 1. The van der Waals surface area contributed by atoms with Crippen LogP contribution in [0.5, 0.6) is 0 Å². The highest BCUT2D eigenvalue weighted by molar-refractivity contribution is 5.88. The number of methoxy groups -OCH3 is 1. The van der Waals surface area contributed by atoms with Gasteiger partial charge in [-0.2, -0.15) is 0 Å². The lowest BCUT2D eigenvalue weighted by Crippen LogP contribution is -2.38. The number of ether oxygens (including phenoxy) is 1. The number of aliphatic carboxylic acids is 1. The Morgan fingerprint density at radius 3 is 2.91 bits per heavy atom. The molecule has 1 aliphatic heterocycles. The Morgan fingerprint density at radius 2 is 2.13 bits per heavy atom. The van der Waals surface area contributed by atoms with Gasteiger partial charge < -0.3 is 9.84 Å². The molecule has 0 aromatic heterocycles. The van der Waals surface area contributed by atoms with Gasteiger partial charge in [0.05, 0.1) is 11.4 Å². The summed E-state index contributed by atoms with van der Waals surface area (Å²) in [7, 11) is 1.68. The second-order valence-corrected chi connectivity index (χ2v) is 5.96. The Balaban J connectivity index is 1.81. The van der Waals surface area contributed by atoms with E-state index >= 15 is 0 Å². The molecule has 3 rings (SSSR count). The molecule has 1 aliphatic carbocycles. The molecule has 1 aromatic carbocycles. The summed E-state index contributed by atoms with van der Waals surface area (Å²) < 4.78 is 5.07. The molecule has 0 amide bonds. The second-order valence-electron chi connectivity index (χ2n) is 5.96. The molecule has 6 heteroatoms. The van der Waals surface area contributed by atoms with Gasteiger partial charge in [-0.05, 0) is 61.8 Å². The number of hydrogen-bond acceptors (Lipinski definition) is 5. The number of benzene rings is 1. The minimum absolute atomic E-state index is 0.225. The summed E-state index contributed by atoms with van der Waals surface area (Å²) in [4.78, 5) is 11.5. The molecule has 0 radical (unpaired) electrons. The van der Waals surface area contributed by atoms with E-state index in [0.29, 0.717) is 13.0 Å².